The van der Waals surface area contributed by atoms with Crippen molar-refractivity contribution in [1.82, 2.24) is 9.88 Å². The maximum Gasteiger partial charge on any atom is 0.414 e. The zero-order valence-electron chi connectivity index (χ0n) is 18.2. The summed E-state index contributed by atoms with van der Waals surface area (Å²) in [5.74, 6) is 1.69. The molecular formula is C24H28N4O4. The van der Waals surface area contributed by atoms with E-state index in [1.54, 1.807) is 24.3 Å². The van der Waals surface area contributed by atoms with Gasteiger partial charge in [0.25, 0.3) is 5.91 Å². The first-order valence-electron chi connectivity index (χ1n) is 11.2. The molecule has 5 rings (SSSR count). The van der Waals surface area contributed by atoms with Crippen LogP contribution in [0.5, 0.6) is 0 Å². The molecule has 1 N–H and O–H groups in total. The van der Waals surface area contributed by atoms with Gasteiger partial charge in [0.05, 0.1) is 12.6 Å². The summed E-state index contributed by atoms with van der Waals surface area (Å²) < 4.78 is 5.01. The molecule has 32 heavy (non-hydrogen) atoms. The monoisotopic (exact) mass is 436 g/mol. The molecule has 2 aliphatic heterocycles. The molecule has 8 nitrogen and oxygen atoms in total. The van der Waals surface area contributed by atoms with Gasteiger partial charge < -0.3 is 19.6 Å². The Kier molecular flexibility index (Phi) is 5.46. The highest BCUT2D eigenvalue weighted by atomic mass is 16.6. The van der Waals surface area contributed by atoms with E-state index in [-0.39, 0.29) is 19.1 Å². The van der Waals surface area contributed by atoms with Crippen LogP contribution in [0.15, 0.2) is 36.5 Å². The topological polar surface area (TPSA) is 86.2 Å². The fraction of sp³-hybridized carbons (Fsp3) is 0.458. The Balaban J connectivity index is 1.21. The number of hydrogen-bond acceptors (Lipinski definition) is 6. The number of ether oxygens (including phenoxy) is 1. The summed E-state index contributed by atoms with van der Waals surface area (Å²) in [7, 11) is 0. The van der Waals surface area contributed by atoms with Gasteiger partial charge in [0.2, 0.25) is 0 Å². The Morgan fingerprint density at radius 2 is 1.88 bits per heavy atom. The number of pyridine rings is 1. The zero-order valence-corrected chi connectivity index (χ0v) is 18.2. The van der Waals surface area contributed by atoms with Crippen molar-refractivity contribution in [3.05, 3.63) is 53.2 Å². The van der Waals surface area contributed by atoms with Crippen molar-refractivity contribution < 1.29 is 19.4 Å². The summed E-state index contributed by atoms with van der Waals surface area (Å²) in [6, 6.07) is 8.78. The lowest BCUT2D eigenvalue weighted by Gasteiger charge is -2.36. The molecule has 0 spiro atoms. The number of anilines is 2. The van der Waals surface area contributed by atoms with E-state index in [0.29, 0.717) is 30.3 Å². The zero-order chi connectivity index (χ0) is 22.2. The Morgan fingerprint density at radius 3 is 2.50 bits per heavy atom. The fourth-order valence-corrected chi connectivity index (χ4v) is 4.54. The molecule has 1 atom stereocenters. The molecule has 0 unspecified atom stereocenters. The van der Waals surface area contributed by atoms with Crippen molar-refractivity contribution in [2.75, 3.05) is 49.2 Å². The van der Waals surface area contributed by atoms with Gasteiger partial charge in [-0.25, -0.2) is 9.78 Å². The average Bonchev–Trinajstić information content (AvgIpc) is 3.61. The third kappa shape index (κ3) is 3.90. The van der Waals surface area contributed by atoms with Crippen LogP contribution < -0.4 is 9.80 Å². The number of hydrogen-bond donors (Lipinski definition) is 1. The Bertz CT molecular complexity index is 1010. The second kappa shape index (κ2) is 8.43. The lowest BCUT2D eigenvalue weighted by molar-refractivity contribution is 0.0746. The molecule has 3 aliphatic rings. The van der Waals surface area contributed by atoms with Gasteiger partial charge in [-0.1, -0.05) is 6.07 Å². The highest BCUT2D eigenvalue weighted by molar-refractivity contribution is 5.96. The molecule has 168 valence electrons. The number of aliphatic hydroxyl groups excluding tert-OH is 1. The first-order chi connectivity index (χ1) is 15.5. The molecule has 3 fully saturated rings. The van der Waals surface area contributed by atoms with Gasteiger partial charge in [-0.2, -0.15) is 0 Å². The molecule has 1 aromatic carbocycles. The van der Waals surface area contributed by atoms with Crippen LogP contribution in [0.4, 0.5) is 16.3 Å². The van der Waals surface area contributed by atoms with E-state index < -0.39 is 12.1 Å². The number of aryl methyl sites for hydroxylation is 1. The van der Waals surface area contributed by atoms with Crippen molar-refractivity contribution in [3.63, 3.8) is 0 Å². The number of carbonyl (C=O) groups is 2. The SMILES string of the molecule is Cc1cc(C2CC2)cnc1N1CCN(C(=O)c2ccc(N3C(=O)OC[C@H]3CO)cc2)CC1. The van der Waals surface area contributed by atoms with E-state index >= 15 is 0 Å². The summed E-state index contributed by atoms with van der Waals surface area (Å²) >= 11 is 0. The number of amides is 2. The molecule has 8 heteroatoms. The van der Waals surface area contributed by atoms with Crippen LogP contribution in [0.2, 0.25) is 0 Å². The minimum absolute atomic E-state index is 0.0207. The molecule has 0 bridgehead atoms. The van der Waals surface area contributed by atoms with E-state index in [4.69, 9.17) is 9.72 Å². The molecule has 3 heterocycles. The minimum Gasteiger partial charge on any atom is -0.447 e. The number of aromatic nitrogens is 1. The van der Waals surface area contributed by atoms with Gasteiger partial charge in [-0.05, 0) is 61.1 Å². The van der Waals surface area contributed by atoms with Crippen LogP contribution in [0, 0.1) is 6.92 Å². The van der Waals surface area contributed by atoms with Gasteiger partial charge in [-0.15, -0.1) is 0 Å². The van der Waals surface area contributed by atoms with Crippen LogP contribution in [-0.2, 0) is 4.74 Å². The van der Waals surface area contributed by atoms with Crippen LogP contribution >= 0.6 is 0 Å². The fourth-order valence-electron chi connectivity index (χ4n) is 4.54. The van der Waals surface area contributed by atoms with E-state index in [1.807, 2.05) is 11.1 Å². The lowest BCUT2D eigenvalue weighted by atomic mass is 10.1. The Hall–Kier alpha value is -3.13. The van der Waals surface area contributed by atoms with Crippen LogP contribution in [0.1, 0.15) is 40.2 Å². The van der Waals surface area contributed by atoms with Crippen molar-refractivity contribution in [2.24, 2.45) is 0 Å². The maximum atomic E-state index is 13.0. The van der Waals surface area contributed by atoms with Crippen LogP contribution in [-0.4, -0.2) is 72.4 Å². The van der Waals surface area contributed by atoms with Gasteiger partial charge >= 0.3 is 6.09 Å². The van der Waals surface area contributed by atoms with Gasteiger partial charge in [0, 0.05) is 43.6 Å². The number of rotatable bonds is 5. The summed E-state index contributed by atoms with van der Waals surface area (Å²) in [5, 5.41) is 9.45. The molecule has 0 radical (unpaired) electrons. The van der Waals surface area contributed by atoms with Gasteiger partial charge in [0.15, 0.2) is 0 Å². The molecule has 2 amide bonds. The number of cyclic esters (lactones) is 1. The number of benzene rings is 1. The Morgan fingerprint density at radius 1 is 1.16 bits per heavy atom. The summed E-state index contributed by atoms with van der Waals surface area (Å²) in [4.78, 5) is 35.2. The quantitative estimate of drug-likeness (QED) is 0.775. The predicted octanol–water partition coefficient (Wildman–Crippen LogP) is 2.55. The van der Waals surface area contributed by atoms with E-state index in [2.05, 4.69) is 17.9 Å². The van der Waals surface area contributed by atoms with Crippen molar-refractivity contribution >= 4 is 23.5 Å². The highest BCUT2D eigenvalue weighted by Gasteiger charge is 2.34. The standard InChI is InChI=1S/C24H28N4O4/c1-16-12-19(17-2-3-17)13-25-22(16)26-8-10-27(11-9-26)23(30)18-4-6-20(7-5-18)28-21(14-29)15-32-24(28)31/h4-7,12-13,17,21,29H,2-3,8-11,14-15H2,1H3/t21-/m1/s1. The Labute approximate surface area is 187 Å². The number of carbonyl (C=O) groups excluding carboxylic acids is 2. The van der Waals surface area contributed by atoms with Crippen LogP contribution in [0.25, 0.3) is 0 Å². The first-order valence-corrected chi connectivity index (χ1v) is 11.2. The average molecular weight is 437 g/mol. The molecule has 2 aromatic rings. The largest absolute Gasteiger partial charge is 0.447 e. The third-order valence-corrected chi connectivity index (χ3v) is 6.55. The summed E-state index contributed by atoms with van der Waals surface area (Å²) in [6.07, 6.45) is 4.07. The van der Waals surface area contributed by atoms with Gasteiger partial charge in [0.1, 0.15) is 12.4 Å². The second-order valence-electron chi connectivity index (χ2n) is 8.79. The minimum atomic E-state index is -0.478. The van der Waals surface area contributed by atoms with Crippen LogP contribution in [0.3, 0.4) is 0 Å². The van der Waals surface area contributed by atoms with Crippen molar-refractivity contribution in [2.45, 2.75) is 31.7 Å². The normalized spacial score (nSPS) is 21.1. The van der Waals surface area contributed by atoms with E-state index in [0.717, 1.165) is 18.9 Å². The summed E-state index contributed by atoms with van der Waals surface area (Å²) in [6.45, 7) is 4.88. The van der Waals surface area contributed by atoms with Crippen molar-refractivity contribution in [3.8, 4) is 0 Å². The number of nitrogens with zero attached hydrogens (tertiary/aromatic N) is 4. The second-order valence-corrected chi connectivity index (χ2v) is 8.79. The van der Waals surface area contributed by atoms with E-state index in [1.165, 1.54) is 28.9 Å². The smallest absolute Gasteiger partial charge is 0.414 e. The molecule has 1 saturated carbocycles. The molecule has 1 aliphatic carbocycles. The van der Waals surface area contributed by atoms with E-state index in [9.17, 15) is 14.7 Å². The number of piperazine rings is 1. The predicted molar refractivity (Wildman–Crippen MR) is 120 cm³/mol. The lowest BCUT2D eigenvalue weighted by Crippen LogP contribution is -2.49. The first kappa shape index (κ1) is 20.8. The number of aliphatic hydroxyl groups is 1. The molecule has 2 saturated heterocycles. The molecule has 1 aromatic heterocycles. The van der Waals surface area contributed by atoms with Gasteiger partial charge in [-0.3, -0.25) is 9.69 Å². The van der Waals surface area contributed by atoms with Crippen molar-refractivity contribution in [1.29, 1.82) is 0 Å². The third-order valence-electron chi connectivity index (χ3n) is 6.55. The molecular weight excluding hydrogens is 408 g/mol. The highest BCUT2D eigenvalue weighted by Crippen LogP contribution is 2.40. The summed E-state index contributed by atoms with van der Waals surface area (Å²) in [5.41, 5.74) is 3.74. The maximum absolute atomic E-state index is 13.0.